The molecule has 2 aliphatic heterocycles. The SMILES string of the molecule is O=C(Cc1ccc2c(c1)OCCO2)N1CCN(Cc2cccc3cccnc23)CC1. The summed E-state index contributed by atoms with van der Waals surface area (Å²) < 4.78 is 11.2. The molecule has 2 aromatic carbocycles. The average Bonchev–Trinajstić information content (AvgIpc) is 2.80. The molecule has 0 aliphatic carbocycles. The van der Waals surface area contributed by atoms with Crippen molar-refractivity contribution in [3.63, 3.8) is 0 Å². The fourth-order valence-corrected chi connectivity index (χ4v) is 4.18. The lowest BCUT2D eigenvalue weighted by molar-refractivity contribution is -0.132. The highest BCUT2D eigenvalue weighted by Crippen LogP contribution is 2.31. The van der Waals surface area contributed by atoms with Gasteiger partial charge in [-0.05, 0) is 29.3 Å². The maximum absolute atomic E-state index is 12.8. The Morgan fingerprint density at radius 2 is 1.73 bits per heavy atom. The third-order valence-electron chi connectivity index (χ3n) is 5.80. The fraction of sp³-hybridized carbons (Fsp3) is 0.333. The van der Waals surface area contributed by atoms with E-state index in [0.717, 1.165) is 55.3 Å². The number of rotatable bonds is 4. The normalized spacial score (nSPS) is 16.6. The van der Waals surface area contributed by atoms with Crippen LogP contribution < -0.4 is 9.47 Å². The number of amides is 1. The molecule has 0 bridgehead atoms. The van der Waals surface area contributed by atoms with E-state index in [1.165, 1.54) is 10.9 Å². The van der Waals surface area contributed by atoms with Crippen molar-refractivity contribution in [3.05, 3.63) is 65.9 Å². The first-order chi connectivity index (χ1) is 14.8. The number of aromatic nitrogens is 1. The van der Waals surface area contributed by atoms with Crippen LogP contribution in [0.25, 0.3) is 10.9 Å². The monoisotopic (exact) mass is 403 g/mol. The molecular formula is C24H25N3O3. The number of hydrogen-bond donors (Lipinski definition) is 0. The number of carbonyl (C=O) groups is 1. The molecule has 30 heavy (non-hydrogen) atoms. The van der Waals surface area contributed by atoms with E-state index < -0.39 is 0 Å². The summed E-state index contributed by atoms with van der Waals surface area (Å²) in [5.74, 6) is 1.66. The number of para-hydroxylation sites is 1. The molecule has 3 aromatic rings. The van der Waals surface area contributed by atoms with Crippen molar-refractivity contribution < 1.29 is 14.3 Å². The summed E-state index contributed by atoms with van der Waals surface area (Å²) in [4.78, 5) is 21.7. The molecule has 0 N–H and O–H groups in total. The highest BCUT2D eigenvalue weighted by atomic mass is 16.6. The average molecular weight is 403 g/mol. The first-order valence-electron chi connectivity index (χ1n) is 10.5. The van der Waals surface area contributed by atoms with Crippen molar-refractivity contribution in [2.75, 3.05) is 39.4 Å². The van der Waals surface area contributed by atoms with Crippen molar-refractivity contribution in [2.45, 2.75) is 13.0 Å². The Bertz CT molecular complexity index is 1060. The third-order valence-corrected chi connectivity index (χ3v) is 5.80. The second-order valence-electron chi connectivity index (χ2n) is 7.80. The van der Waals surface area contributed by atoms with E-state index >= 15 is 0 Å². The molecule has 1 aromatic heterocycles. The molecule has 0 atom stereocenters. The Balaban J connectivity index is 1.18. The molecule has 5 rings (SSSR count). The fourth-order valence-electron chi connectivity index (χ4n) is 4.18. The van der Waals surface area contributed by atoms with E-state index in [1.807, 2.05) is 35.4 Å². The largest absolute Gasteiger partial charge is 0.486 e. The van der Waals surface area contributed by atoms with Crippen molar-refractivity contribution in [3.8, 4) is 11.5 Å². The maximum Gasteiger partial charge on any atom is 0.227 e. The van der Waals surface area contributed by atoms with Gasteiger partial charge in [0.1, 0.15) is 13.2 Å². The molecule has 3 heterocycles. The van der Waals surface area contributed by atoms with Crippen molar-refractivity contribution in [2.24, 2.45) is 0 Å². The topological polar surface area (TPSA) is 54.9 Å². The van der Waals surface area contributed by atoms with E-state index in [2.05, 4.69) is 34.1 Å². The van der Waals surface area contributed by atoms with Crippen molar-refractivity contribution >= 4 is 16.8 Å². The van der Waals surface area contributed by atoms with Gasteiger partial charge in [-0.15, -0.1) is 0 Å². The van der Waals surface area contributed by atoms with Crippen LogP contribution >= 0.6 is 0 Å². The smallest absolute Gasteiger partial charge is 0.227 e. The molecule has 2 aliphatic rings. The van der Waals surface area contributed by atoms with Crippen LogP contribution in [0, 0.1) is 0 Å². The van der Waals surface area contributed by atoms with Crippen LogP contribution in [-0.2, 0) is 17.8 Å². The van der Waals surface area contributed by atoms with Gasteiger partial charge in [-0.2, -0.15) is 0 Å². The summed E-state index contributed by atoms with van der Waals surface area (Å²) >= 11 is 0. The molecule has 1 saturated heterocycles. The van der Waals surface area contributed by atoms with Crippen LogP contribution in [-0.4, -0.2) is 60.1 Å². The number of carbonyl (C=O) groups excluding carboxylic acids is 1. The minimum atomic E-state index is 0.165. The van der Waals surface area contributed by atoms with E-state index in [0.29, 0.717) is 19.6 Å². The van der Waals surface area contributed by atoms with E-state index in [4.69, 9.17) is 9.47 Å². The Labute approximate surface area is 176 Å². The number of piperazine rings is 1. The lowest BCUT2D eigenvalue weighted by atomic mass is 10.1. The van der Waals surface area contributed by atoms with Gasteiger partial charge in [0.2, 0.25) is 5.91 Å². The standard InChI is InChI=1S/C24H25N3O3/c28-23(16-18-6-7-21-22(15-18)30-14-13-29-21)27-11-9-26(10-12-27)17-20-4-1-3-19-5-2-8-25-24(19)20/h1-8,15H,9-14,16-17H2. The zero-order chi connectivity index (χ0) is 20.3. The Morgan fingerprint density at radius 1 is 0.933 bits per heavy atom. The van der Waals surface area contributed by atoms with Gasteiger partial charge in [-0.1, -0.05) is 30.3 Å². The van der Waals surface area contributed by atoms with Gasteiger partial charge in [0.25, 0.3) is 0 Å². The summed E-state index contributed by atoms with van der Waals surface area (Å²) in [6, 6.07) is 16.2. The van der Waals surface area contributed by atoms with Gasteiger partial charge in [0.05, 0.1) is 11.9 Å². The van der Waals surface area contributed by atoms with Crippen LogP contribution in [0.1, 0.15) is 11.1 Å². The van der Waals surface area contributed by atoms with Gasteiger partial charge in [0.15, 0.2) is 11.5 Å². The number of nitrogens with zero attached hydrogens (tertiary/aromatic N) is 3. The molecular weight excluding hydrogens is 378 g/mol. The second-order valence-corrected chi connectivity index (χ2v) is 7.80. The van der Waals surface area contributed by atoms with E-state index in [-0.39, 0.29) is 5.91 Å². The Hall–Kier alpha value is -3.12. The van der Waals surface area contributed by atoms with Crippen molar-refractivity contribution in [1.82, 2.24) is 14.8 Å². The number of benzene rings is 2. The lowest BCUT2D eigenvalue weighted by Crippen LogP contribution is -2.48. The van der Waals surface area contributed by atoms with E-state index in [1.54, 1.807) is 0 Å². The molecule has 6 nitrogen and oxygen atoms in total. The van der Waals surface area contributed by atoms with Crippen LogP contribution in [0.4, 0.5) is 0 Å². The first-order valence-corrected chi connectivity index (χ1v) is 10.5. The van der Waals surface area contributed by atoms with Gasteiger partial charge in [-0.25, -0.2) is 0 Å². The quantitative estimate of drug-likeness (QED) is 0.671. The van der Waals surface area contributed by atoms with Gasteiger partial charge in [-0.3, -0.25) is 14.7 Å². The number of pyridine rings is 1. The third kappa shape index (κ3) is 3.96. The first kappa shape index (κ1) is 18.9. The molecule has 1 amide bonds. The maximum atomic E-state index is 12.8. The molecule has 0 radical (unpaired) electrons. The molecule has 154 valence electrons. The molecule has 1 fully saturated rings. The summed E-state index contributed by atoms with van der Waals surface area (Å²) in [5.41, 5.74) is 3.27. The molecule has 6 heteroatoms. The van der Waals surface area contributed by atoms with Crippen LogP contribution in [0.5, 0.6) is 11.5 Å². The minimum Gasteiger partial charge on any atom is -0.486 e. The van der Waals surface area contributed by atoms with E-state index in [9.17, 15) is 4.79 Å². The second kappa shape index (κ2) is 8.32. The summed E-state index contributed by atoms with van der Waals surface area (Å²) in [6.07, 6.45) is 2.24. The molecule has 0 spiro atoms. The Kier molecular flexibility index (Phi) is 5.24. The van der Waals surface area contributed by atoms with Gasteiger partial charge < -0.3 is 14.4 Å². The highest BCUT2D eigenvalue weighted by molar-refractivity contribution is 5.81. The lowest BCUT2D eigenvalue weighted by Gasteiger charge is -2.35. The van der Waals surface area contributed by atoms with Crippen LogP contribution in [0.3, 0.4) is 0 Å². The minimum absolute atomic E-state index is 0.165. The number of fused-ring (bicyclic) bond motifs is 2. The van der Waals surface area contributed by atoms with Gasteiger partial charge in [0, 0.05) is 44.3 Å². The van der Waals surface area contributed by atoms with Crippen LogP contribution in [0.2, 0.25) is 0 Å². The zero-order valence-electron chi connectivity index (χ0n) is 16.9. The zero-order valence-corrected chi connectivity index (χ0v) is 16.9. The number of hydrogen-bond acceptors (Lipinski definition) is 5. The van der Waals surface area contributed by atoms with Crippen molar-refractivity contribution in [1.29, 1.82) is 0 Å². The summed E-state index contributed by atoms with van der Waals surface area (Å²) in [5, 5.41) is 1.17. The summed E-state index contributed by atoms with van der Waals surface area (Å²) in [6.45, 7) is 5.23. The predicted molar refractivity (Wildman–Crippen MR) is 115 cm³/mol. The van der Waals surface area contributed by atoms with Crippen LogP contribution in [0.15, 0.2) is 54.7 Å². The molecule has 0 saturated carbocycles. The summed E-state index contributed by atoms with van der Waals surface area (Å²) in [7, 11) is 0. The number of ether oxygens (including phenoxy) is 2. The predicted octanol–water partition coefficient (Wildman–Crippen LogP) is 2.89. The van der Waals surface area contributed by atoms with Gasteiger partial charge >= 0.3 is 0 Å². The molecule has 0 unspecified atom stereocenters. The Morgan fingerprint density at radius 3 is 2.60 bits per heavy atom. The highest BCUT2D eigenvalue weighted by Gasteiger charge is 2.22.